The van der Waals surface area contributed by atoms with Crippen LogP contribution >= 0.6 is 0 Å². The highest BCUT2D eigenvalue weighted by molar-refractivity contribution is 5.85. The first-order valence-corrected chi connectivity index (χ1v) is 2.55. The van der Waals surface area contributed by atoms with E-state index in [0.29, 0.717) is 0 Å². The van der Waals surface area contributed by atoms with Crippen LogP contribution in [0.3, 0.4) is 0 Å². The maximum atomic E-state index is 10.6. The van der Waals surface area contributed by atoms with Gasteiger partial charge in [0.2, 0.25) is 5.76 Å². The summed E-state index contributed by atoms with van der Waals surface area (Å²) in [5.41, 5.74) is 1.75. The number of hydrogen-bond donors (Lipinski definition) is 2. The van der Waals surface area contributed by atoms with Crippen molar-refractivity contribution in [3.8, 4) is 0 Å². The van der Waals surface area contributed by atoms with E-state index in [1.54, 1.807) is 11.7 Å². The summed E-state index contributed by atoms with van der Waals surface area (Å²) in [6, 6.07) is 3.05. The third kappa shape index (κ3) is 1.34. The second kappa shape index (κ2) is 3.00. The van der Waals surface area contributed by atoms with Crippen molar-refractivity contribution in [2.75, 3.05) is 0 Å². The summed E-state index contributed by atoms with van der Waals surface area (Å²) in [6.07, 6.45) is 1.37. The van der Waals surface area contributed by atoms with Gasteiger partial charge in [-0.15, -0.1) is 0 Å². The van der Waals surface area contributed by atoms with E-state index in [0.717, 1.165) is 0 Å². The molecule has 0 radical (unpaired) electrons. The van der Waals surface area contributed by atoms with E-state index in [1.807, 2.05) is 0 Å². The Morgan fingerprint density at radius 2 is 2.60 bits per heavy atom. The number of carbonyl (C=O) groups is 1. The molecule has 3 N–H and O–H groups in total. The Hall–Kier alpha value is -1.33. The molecule has 1 rings (SSSR count). The Balaban J connectivity index is 2.59. The molecule has 0 aliphatic carbocycles. The predicted molar refractivity (Wildman–Crippen MR) is 31.4 cm³/mol. The third-order valence-electron chi connectivity index (χ3n) is 0.874. The molecule has 0 aromatic carbocycles. The molecule has 1 aromatic rings. The van der Waals surface area contributed by atoms with Gasteiger partial charge in [0.1, 0.15) is 0 Å². The molecule has 5 heteroatoms. The number of furan rings is 1. The number of nitrogens with one attached hydrogen (secondary N) is 1. The molecule has 0 saturated heterocycles. The zero-order valence-corrected chi connectivity index (χ0v) is 5.03. The lowest BCUT2D eigenvalue weighted by molar-refractivity contribution is 0.0218. The number of nitrogens with two attached hydrogens (primary N) is 1. The zero-order chi connectivity index (χ0) is 7.40. The average Bonchev–Trinajstić information content (AvgIpc) is 2.38. The van der Waals surface area contributed by atoms with Gasteiger partial charge < -0.3 is 9.25 Å². The summed E-state index contributed by atoms with van der Waals surface area (Å²) in [5, 5.41) is 0. The highest BCUT2D eigenvalue weighted by atomic mass is 16.7. The van der Waals surface area contributed by atoms with Crippen molar-refractivity contribution >= 4 is 5.97 Å². The summed E-state index contributed by atoms with van der Waals surface area (Å²) in [4.78, 5) is 14.8. The van der Waals surface area contributed by atoms with Gasteiger partial charge in [0.15, 0.2) is 0 Å². The predicted octanol–water partition coefficient (Wildman–Crippen LogP) is -0.185. The van der Waals surface area contributed by atoms with Crippen molar-refractivity contribution in [1.82, 2.24) is 5.59 Å². The van der Waals surface area contributed by atoms with Crippen LogP contribution < -0.4 is 11.4 Å². The van der Waals surface area contributed by atoms with Crippen LogP contribution in [0.15, 0.2) is 22.8 Å². The standard InChI is InChI=1S/C5H6N2O3/c6-7-10-5(8)4-2-1-3-9-4/h1-3,7H,6H2. The molecule has 0 bridgehead atoms. The fourth-order valence-corrected chi connectivity index (χ4v) is 0.499. The molecule has 10 heavy (non-hydrogen) atoms. The Morgan fingerprint density at radius 1 is 1.80 bits per heavy atom. The van der Waals surface area contributed by atoms with E-state index in [-0.39, 0.29) is 5.76 Å². The van der Waals surface area contributed by atoms with Crippen LogP contribution in [-0.4, -0.2) is 5.97 Å². The van der Waals surface area contributed by atoms with E-state index in [1.165, 1.54) is 12.3 Å². The molecule has 0 spiro atoms. The van der Waals surface area contributed by atoms with Crippen molar-refractivity contribution in [2.24, 2.45) is 5.84 Å². The van der Waals surface area contributed by atoms with Gasteiger partial charge in [-0.1, -0.05) is 5.59 Å². The molecule has 0 fully saturated rings. The number of carbonyl (C=O) groups excluding carboxylic acids is 1. The van der Waals surface area contributed by atoms with E-state index in [9.17, 15) is 4.79 Å². The van der Waals surface area contributed by atoms with Crippen molar-refractivity contribution < 1.29 is 14.0 Å². The summed E-state index contributed by atoms with van der Waals surface area (Å²) in [5.74, 6) is 4.16. The molecule has 54 valence electrons. The quantitative estimate of drug-likeness (QED) is 0.442. The Kier molecular flexibility index (Phi) is 2.03. The molecule has 0 aliphatic heterocycles. The molecular formula is C5H6N2O3. The normalized spacial score (nSPS) is 9.30. The Labute approximate surface area is 56.7 Å². The highest BCUT2D eigenvalue weighted by Gasteiger charge is 2.08. The SMILES string of the molecule is NNOC(=O)c1ccco1. The van der Waals surface area contributed by atoms with E-state index in [4.69, 9.17) is 5.84 Å². The van der Waals surface area contributed by atoms with Gasteiger partial charge in [0.05, 0.1) is 6.26 Å². The zero-order valence-electron chi connectivity index (χ0n) is 5.03. The van der Waals surface area contributed by atoms with Gasteiger partial charge in [-0.3, -0.25) is 0 Å². The van der Waals surface area contributed by atoms with Gasteiger partial charge in [-0.05, 0) is 12.1 Å². The van der Waals surface area contributed by atoms with Crippen molar-refractivity contribution in [3.63, 3.8) is 0 Å². The van der Waals surface area contributed by atoms with E-state index >= 15 is 0 Å². The number of rotatable bonds is 2. The largest absolute Gasteiger partial charge is 0.457 e. The fraction of sp³-hybridized carbons (Fsp3) is 0. The Bertz CT molecular complexity index is 207. The average molecular weight is 142 g/mol. The first kappa shape index (κ1) is 6.79. The first-order chi connectivity index (χ1) is 4.84. The van der Waals surface area contributed by atoms with Crippen LogP contribution in [-0.2, 0) is 4.84 Å². The van der Waals surface area contributed by atoms with Gasteiger partial charge in [-0.2, -0.15) is 0 Å². The maximum absolute atomic E-state index is 10.6. The van der Waals surface area contributed by atoms with Crippen LogP contribution in [0.25, 0.3) is 0 Å². The summed E-state index contributed by atoms with van der Waals surface area (Å²) >= 11 is 0. The van der Waals surface area contributed by atoms with Crippen LogP contribution in [0.1, 0.15) is 10.6 Å². The number of hydrogen-bond acceptors (Lipinski definition) is 5. The van der Waals surface area contributed by atoms with Crippen molar-refractivity contribution in [3.05, 3.63) is 24.2 Å². The smallest absolute Gasteiger partial charge is 0.394 e. The van der Waals surface area contributed by atoms with Crippen LogP contribution in [0.2, 0.25) is 0 Å². The van der Waals surface area contributed by atoms with Gasteiger partial charge in [0.25, 0.3) is 0 Å². The minimum atomic E-state index is -0.646. The van der Waals surface area contributed by atoms with Gasteiger partial charge in [0, 0.05) is 0 Å². The third-order valence-corrected chi connectivity index (χ3v) is 0.874. The van der Waals surface area contributed by atoms with Crippen LogP contribution in [0.4, 0.5) is 0 Å². The Morgan fingerprint density at radius 3 is 3.10 bits per heavy atom. The second-order valence-electron chi connectivity index (χ2n) is 1.48. The molecule has 0 unspecified atom stereocenters. The maximum Gasteiger partial charge on any atom is 0.394 e. The van der Waals surface area contributed by atoms with Gasteiger partial charge in [-0.25, -0.2) is 10.6 Å². The molecule has 0 aliphatic rings. The molecule has 5 nitrogen and oxygen atoms in total. The lowest BCUT2D eigenvalue weighted by Gasteiger charge is -1.95. The minimum absolute atomic E-state index is 0.109. The summed E-state index contributed by atoms with van der Waals surface area (Å²) in [7, 11) is 0. The van der Waals surface area contributed by atoms with Gasteiger partial charge >= 0.3 is 5.97 Å². The number of hydrazine groups is 1. The van der Waals surface area contributed by atoms with Crippen LogP contribution in [0.5, 0.6) is 0 Å². The lowest BCUT2D eigenvalue weighted by Crippen LogP contribution is -2.25. The topological polar surface area (TPSA) is 77.5 Å². The van der Waals surface area contributed by atoms with E-state index < -0.39 is 5.97 Å². The molecule has 0 atom stereocenters. The summed E-state index contributed by atoms with van der Waals surface area (Å²) in [6.45, 7) is 0. The molecule has 1 aromatic heterocycles. The second-order valence-corrected chi connectivity index (χ2v) is 1.48. The first-order valence-electron chi connectivity index (χ1n) is 2.55. The van der Waals surface area contributed by atoms with E-state index in [2.05, 4.69) is 9.25 Å². The molecule has 0 saturated carbocycles. The van der Waals surface area contributed by atoms with Crippen LogP contribution in [0, 0.1) is 0 Å². The monoisotopic (exact) mass is 142 g/mol. The fourth-order valence-electron chi connectivity index (χ4n) is 0.499. The minimum Gasteiger partial charge on any atom is -0.457 e. The summed E-state index contributed by atoms with van der Waals surface area (Å²) < 4.78 is 4.68. The molecular weight excluding hydrogens is 136 g/mol. The molecule has 0 amide bonds. The van der Waals surface area contributed by atoms with Crippen molar-refractivity contribution in [2.45, 2.75) is 0 Å². The van der Waals surface area contributed by atoms with Crippen molar-refractivity contribution in [1.29, 1.82) is 0 Å². The lowest BCUT2D eigenvalue weighted by atomic mass is 10.5. The highest BCUT2D eigenvalue weighted by Crippen LogP contribution is 1.99. The molecule has 1 heterocycles.